The van der Waals surface area contributed by atoms with Crippen molar-refractivity contribution >= 4 is 39.9 Å². The Morgan fingerprint density at radius 2 is 2.05 bits per heavy atom. The van der Waals surface area contributed by atoms with E-state index in [1.807, 2.05) is 25.7 Å². The monoisotopic (exact) mass is 321 g/mol. The van der Waals surface area contributed by atoms with E-state index < -0.39 is 0 Å². The van der Waals surface area contributed by atoms with E-state index >= 15 is 0 Å². The Kier molecular flexibility index (Phi) is 7.20. The summed E-state index contributed by atoms with van der Waals surface area (Å²) in [6.07, 6.45) is 0. The fourth-order valence-electron chi connectivity index (χ4n) is 1.69. The fraction of sp³-hybridized carbons (Fsp3) is 0.400. The first-order valence-electron chi connectivity index (χ1n) is 6.79. The van der Waals surface area contributed by atoms with Crippen LogP contribution >= 0.6 is 24.0 Å². The van der Waals surface area contributed by atoms with Crippen LogP contribution in [0.5, 0.6) is 0 Å². The summed E-state index contributed by atoms with van der Waals surface area (Å²) in [6, 6.07) is 9.01. The number of rotatable bonds is 5. The molecule has 0 heterocycles. The third-order valence-electron chi connectivity index (χ3n) is 2.97. The van der Waals surface area contributed by atoms with Crippen molar-refractivity contribution in [2.75, 3.05) is 18.4 Å². The van der Waals surface area contributed by atoms with Crippen LogP contribution in [0.2, 0.25) is 0 Å². The average molecular weight is 321 g/mol. The van der Waals surface area contributed by atoms with E-state index in [4.69, 9.17) is 17.5 Å². The van der Waals surface area contributed by atoms with Crippen LogP contribution in [0.4, 0.5) is 5.69 Å². The number of hydrogen-bond acceptors (Lipinski definition) is 4. The minimum atomic E-state index is -0.315. The third-order valence-corrected chi connectivity index (χ3v) is 4.55. The molecule has 0 aliphatic carbocycles. The van der Waals surface area contributed by atoms with E-state index in [1.165, 1.54) is 11.8 Å². The number of anilines is 1. The van der Waals surface area contributed by atoms with Crippen LogP contribution in [0.25, 0.3) is 0 Å². The van der Waals surface area contributed by atoms with Gasteiger partial charge in [0.25, 0.3) is 0 Å². The highest BCUT2D eigenvalue weighted by atomic mass is 32.2. The van der Waals surface area contributed by atoms with E-state index in [0.717, 1.165) is 17.4 Å². The molecule has 1 unspecified atom stereocenters. The molecule has 1 aromatic carbocycles. The van der Waals surface area contributed by atoms with Gasteiger partial charge in [-0.15, -0.1) is 0 Å². The summed E-state index contributed by atoms with van der Waals surface area (Å²) in [5.74, 6) is -0.155. The molecule has 0 aromatic heterocycles. The first kappa shape index (κ1) is 17.5. The minimum absolute atomic E-state index is 0.155. The lowest BCUT2D eigenvalue weighted by Crippen LogP contribution is -2.31. The molecule has 4 nitrogen and oxygen atoms in total. The number of nitrogens with zero attached hydrogens (tertiary/aromatic N) is 2. The van der Waals surface area contributed by atoms with Gasteiger partial charge in [-0.25, -0.2) is 0 Å². The lowest BCUT2D eigenvalue weighted by Gasteiger charge is -2.23. The maximum absolute atomic E-state index is 12.2. The Labute approximate surface area is 135 Å². The SMILES string of the molecule is CCN(CC)C(=S)SC(C)C(=O)Nc1ccccc1C#N. The van der Waals surface area contributed by atoms with Gasteiger partial charge in [0.05, 0.1) is 16.5 Å². The largest absolute Gasteiger partial charge is 0.358 e. The molecular formula is C15H19N3OS2. The van der Waals surface area contributed by atoms with Crippen molar-refractivity contribution in [3.05, 3.63) is 29.8 Å². The summed E-state index contributed by atoms with van der Waals surface area (Å²) in [5.41, 5.74) is 0.987. The fourth-order valence-corrected chi connectivity index (χ4v) is 3.25. The van der Waals surface area contributed by atoms with Gasteiger partial charge in [-0.1, -0.05) is 36.1 Å². The molecule has 0 fully saturated rings. The Morgan fingerprint density at radius 1 is 1.43 bits per heavy atom. The number of para-hydroxylation sites is 1. The van der Waals surface area contributed by atoms with Gasteiger partial charge < -0.3 is 10.2 Å². The molecule has 21 heavy (non-hydrogen) atoms. The molecule has 112 valence electrons. The lowest BCUT2D eigenvalue weighted by atomic mass is 10.2. The first-order valence-corrected chi connectivity index (χ1v) is 8.07. The molecular weight excluding hydrogens is 302 g/mol. The molecule has 0 saturated heterocycles. The molecule has 0 bridgehead atoms. The standard InChI is InChI=1S/C15H19N3OS2/c1-4-18(5-2)15(20)21-11(3)14(19)17-13-9-7-6-8-12(13)10-16/h6-9,11H,4-5H2,1-3H3,(H,17,19). The van der Waals surface area contributed by atoms with Gasteiger partial charge >= 0.3 is 0 Å². The zero-order valence-electron chi connectivity index (χ0n) is 12.4. The van der Waals surface area contributed by atoms with Crippen molar-refractivity contribution in [2.45, 2.75) is 26.0 Å². The smallest absolute Gasteiger partial charge is 0.237 e. The topological polar surface area (TPSA) is 56.1 Å². The summed E-state index contributed by atoms with van der Waals surface area (Å²) < 4.78 is 0.719. The molecule has 0 spiro atoms. The van der Waals surface area contributed by atoms with Gasteiger partial charge in [-0.3, -0.25) is 4.79 Å². The van der Waals surface area contributed by atoms with Crippen LogP contribution in [0, 0.1) is 11.3 Å². The highest BCUT2D eigenvalue weighted by Crippen LogP contribution is 2.19. The normalized spacial score (nSPS) is 11.3. The maximum atomic E-state index is 12.2. The average Bonchev–Trinajstić information content (AvgIpc) is 2.48. The molecule has 1 rings (SSSR count). The summed E-state index contributed by atoms with van der Waals surface area (Å²) in [7, 11) is 0. The molecule has 1 aromatic rings. The van der Waals surface area contributed by atoms with Gasteiger partial charge in [0.1, 0.15) is 10.4 Å². The number of thioether (sulfide) groups is 1. The summed E-state index contributed by atoms with van der Waals surface area (Å²) >= 11 is 6.70. The number of carbonyl (C=O) groups excluding carboxylic acids is 1. The Morgan fingerprint density at radius 3 is 2.62 bits per heavy atom. The number of benzene rings is 1. The van der Waals surface area contributed by atoms with E-state index in [1.54, 1.807) is 24.3 Å². The van der Waals surface area contributed by atoms with E-state index in [2.05, 4.69) is 11.4 Å². The second-order valence-electron chi connectivity index (χ2n) is 4.34. The summed E-state index contributed by atoms with van der Waals surface area (Å²) in [6.45, 7) is 7.53. The van der Waals surface area contributed by atoms with Crippen molar-refractivity contribution < 1.29 is 4.79 Å². The first-order chi connectivity index (χ1) is 10.0. The van der Waals surface area contributed by atoms with Crippen LogP contribution in [0.1, 0.15) is 26.3 Å². The van der Waals surface area contributed by atoms with Gasteiger partial charge in [-0.05, 0) is 32.9 Å². The van der Waals surface area contributed by atoms with Crippen LogP contribution < -0.4 is 5.32 Å². The number of nitriles is 1. The van der Waals surface area contributed by atoms with Crippen molar-refractivity contribution in [3.8, 4) is 6.07 Å². The van der Waals surface area contributed by atoms with E-state index in [9.17, 15) is 4.79 Å². The summed E-state index contributed by atoms with van der Waals surface area (Å²) in [5, 5.41) is 11.5. The van der Waals surface area contributed by atoms with Gasteiger partial charge in [0.2, 0.25) is 5.91 Å². The van der Waals surface area contributed by atoms with Crippen LogP contribution in [0.3, 0.4) is 0 Å². The highest BCUT2D eigenvalue weighted by Gasteiger charge is 2.19. The molecule has 1 amide bonds. The Balaban J connectivity index is 2.67. The van der Waals surface area contributed by atoms with Crippen molar-refractivity contribution in [1.82, 2.24) is 4.90 Å². The summed E-state index contributed by atoms with van der Waals surface area (Å²) in [4.78, 5) is 14.2. The number of nitrogens with one attached hydrogen (secondary N) is 1. The van der Waals surface area contributed by atoms with E-state index in [-0.39, 0.29) is 11.2 Å². The second-order valence-corrected chi connectivity index (χ2v) is 6.32. The number of thiocarbonyl (C=S) groups is 1. The highest BCUT2D eigenvalue weighted by molar-refractivity contribution is 8.23. The quantitative estimate of drug-likeness (QED) is 0.844. The van der Waals surface area contributed by atoms with Gasteiger partial charge in [-0.2, -0.15) is 5.26 Å². The molecule has 6 heteroatoms. The van der Waals surface area contributed by atoms with Crippen LogP contribution in [-0.4, -0.2) is 33.5 Å². The molecule has 0 aliphatic rings. The molecule has 0 radical (unpaired) electrons. The maximum Gasteiger partial charge on any atom is 0.237 e. The molecule has 0 saturated carbocycles. The van der Waals surface area contributed by atoms with Crippen molar-refractivity contribution in [3.63, 3.8) is 0 Å². The molecule has 0 aliphatic heterocycles. The predicted molar refractivity (Wildman–Crippen MR) is 92.4 cm³/mol. The van der Waals surface area contributed by atoms with Gasteiger partial charge in [0.15, 0.2) is 0 Å². The lowest BCUT2D eigenvalue weighted by molar-refractivity contribution is -0.115. The van der Waals surface area contributed by atoms with Gasteiger partial charge in [0, 0.05) is 13.1 Å². The number of hydrogen-bond donors (Lipinski definition) is 1. The number of carbonyl (C=O) groups is 1. The molecule has 1 N–H and O–H groups in total. The zero-order valence-corrected chi connectivity index (χ0v) is 14.1. The van der Waals surface area contributed by atoms with E-state index in [0.29, 0.717) is 11.3 Å². The van der Waals surface area contributed by atoms with Crippen molar-refractivity contribution in [1.29, 1.82) is 5.26 Å². The van der Waals surface area contributed by atoms with Crippen molar-refractivity contribution in [2.24, 2.45) is 0 Å². The Hall–Kier alpha value is -1.58. The molecule has 1 atom stereocenters. The predicted octanol–water partition coefficient (Wildman–Crippen LogP) is 3.25. The zero-order chi connectivity index (χ0) is 15.8. The number of amides is 1. The van der Waals surface area contributed by atoms with Crippen LogP contribution in [-0.2, 0) is 4.79 Å². The second kappa shape index (κ2) is 8.65. The third kappa shape index (κ3) is 5.03. The Bertz CT molecular complexity index is 550. The van der Waals surface area contributed by atoms with Crippen LogP contribution in [0.15, 0.2) is 24.3 Å². The minimum Gasteiger partial charge on any atom is -0.358 e.